The van der Waals surface area contributed by atoms with Crippen LogP contribution >= 0.6 is 0 Å². The van der Waals surface area contributed by atoms with Gasteiger partial charge < -0.3 is 9.64 Å². The van der Waals surface area contributed by atoms with Crippen LogP contribution in [0.15, 0.2) is 36.7 Å². The summed E-state index contributed by atoms with van der Waals surface area (Å²) in [4.78, 5) is 9.77. The van der Waals surface area contributed by atoms with Crippen molar-refractivity contribution in [2.24, 2.45) is 0 Å². The molecule has 2 aromatic rings. The van der Waals surface area contributed by atoms with Crippen LogP contribution in [0.4, 0.5) is 10.3 Å². The maximum absolute atomic E-state index is 12.7. The minimum absolute atomic E-state index is 0.424. The van der Waals surface area contributed by atoms with Crippen molar-refractivity contribution in [1.29, 1.82) is 0 Å². The van der Waals surface area contributed by atoms with Crippen LogP contribution < -0.4 is 9.64 Å². The zero-order valence-corrected chi connectivity index (χ0v) is 11.0. The Morgan fingerprint density at radius 2 is 1.79 bits per heavy atom. The summed E-state index contributed by atoms with van der Waals surface area (Å²) >= 11 is 0. The van der Waals surface area contributed by atoms with Crippen LogP contribution in [0.25, 0.3) is 0 Å². The van der Waals surface area contributed by atoms with Crippen LogP contribution in [0, 0.1) is 5.82 Å². The number of likely N-dealkylation sites (N-methyl/N-ethyl adjacent to an activating group) is 1. The fraction of sp³-hybridized carbons (Fsp3) is 0.286. The molecule has 0 saturated carbocycles. The van der Waals surface area contributed by atoms with Gasteiger partial charge in [0.25, 0.3) is 0 Å². The van der Waals surface area contributed by atoms with E-state index in [0.29, 0.717) is 5.95 Å². The highest BCUT2D eigenvalue weighted by atomic mass is 19.1. The second-order valence-corrected chi connectivity index (χ2v) is 4.22. The normalized spacial score (nSPS) is 10.3. The van der Waals surface area contributed by atoms with Gasteiger partial charge in [0.15, 0.2) is 5.82 Å². The Balaban J connectivity index is 1.92. The van der Waals surface area contributed by atoms with Crippen LogP contribution in [0.2, 0.25) is 0 Å². The van der Waals surface area contributed by atoms with Gasteiger partial charge in [0.05, 0.1) is 19.5 Å². The minimum atomic E-state index is -0.424. The van der Waals surface area contributed by atoms with Crippen molar-refractivity contribution in [3.63, 3.8) is 0 Å². The van der Waals surface area contributed by atoms with Crippen LogP contribution in [-0.2, 0) is 6.42 Å². The summed E-state index contributed by atoms with van der Waals surface area (Å²) in [6, 6.07) is 7.92. The summed E-state index contributed by atoms with van der Waals surface area (Å²) in [5.41, 5.74) is 1.20. The molecule has 100 valence electrons. The van der Waals surface area contributed by atoms with Gasteiger partial charge in [-0.2, -0.15) is 0 Å². The highest BCUT2D eigenvalue weighted by Gasteiger charge is 2.04. The Morgan fingerprint density at radius 1 is 1.16 bits per heavy atom. The molecule has 0 aliphatic carbocycles. The number of hydrogen-bond acceptors (Lipinski definition) is 4. The average Bonchev–Trinajstić information content (AvgIpc) is 2.46. The first kappa shape index (κ1) is 13.3. The summed E-state index contributed by atoms with van der Waals surface area (Å²) in [6.45, 7) is 0.762. The van der Waals surface area contributed by atoms with E-state index in [9.17, 15) is 4.39 Å². The highest BCUT2D eigenvalue weighted by Crippen LogP contribution is 2.12. The lowest BCUT2D eigenvalue weighted by Crippen LogP contribution is -2.22. The topological polar surface area (TPSA) is 38.2 Å². The number of benzene rings is 1. The van der Waals surface area contributed by atoms with Gasteiger partial charge in [-0.1, -0.05) is 12.1 Å². The van der Waals surface area contributed by atoms with E-state index in [1.807, 2.05) is 36.2 Å². The van der Waals surface area contributed by atoms with E-state index in [0.717, 1.165) is 18.7 Å². The molecule has 0 atom stereocenters. The molecule has 4 nitrogen and oxygen atoms in total. The summed E-state index contributed by atoms with van der Waals surface area (Å²) in [6.07, 6.45) is 3.21. The highest BCUT2D eigenvalue weighted by molar-refractivity contribution is 5.30. The van der Waals surface area contributed by atoms with Gasteiger partial charge in [-0.25, -0.2) is 14.4 Å². The number of ether oxygens (including phenoxy) is 1. The predicted molar refractivity (Wildman–Crippen MR) is 72.0 cm³/mol. The number of methoxy groups -OCH3 is 1. The van der Waals surface area contributed by atoms with Gasteiger partial charge in [0, 0.05) is 13.6 Å². The molecule has 2 rings (SSSR count). The van der Waals surface area contributed by atoms with Crippen molar-refractivity contribution in [1.82, 2.24) is 9.97 Å². The third-order valence-electron chi connectivity index (χ3n) is 2.84. The number of halogens is 1. The van der Waals surface area contributed by atoms with Crippen molar-refractivity contribution in [2.75, 3.05) is 25.6 Å². The number of nitrogens with zero attached hydrogens (tertiary/aromatic N) is 3. The first-order valence-corrected chi connectivity index (χ1v) is 6.00. The van der Waals surface area contributed by atoms with Gasteiger partial charge in [-0.05, 0) is 24.1 Å². The summed E-state index contributed by atoms with van der Waals surface area (Å²) < 4.78 is 17.8. The van der Waals surface area contributed by atoms with Gasteiger partial charge in [0.2, 0.25) is 5.95 Å². The molecule has 0 unspecified atom stereocenters. The zero-order valence-electron chi connectivity index (χ0n) is 11.0. The average molecular weight is 261 g/mol. The molecular weight excluding hydrogens is 245 g/mol. The van der Waals surface area contributed by atoms with E-state index >= 15 is 0 Å². The molecule has 0 amide bonds. The molecule has 0 spiro atoms. The van der Waals surface area contributed by atoms with E-state index < -0.39 is 5.82 Å². The SMILES string of the molecule is COc1ccc(CCN(C)c2ncc(F)cn2)cc1. The monoisotopic (exact) mass is 261 g/mol. The molecule has 0 aliphatic rings. The molecule has 1 heterocycles. The van der Waals surface area contributed by atoms with Gasteiger partial charge in [-0.15, -0.1) is 0 Å². The van der Waals surface area contributed by atoms with E-state index in [2.05, 4.69) is 9.97 Å². The molecule has 5 heteroatoms. The Bertz CT molecular complexity index is 513. The summed E-state index contributed by atoms with van der Waals surface area (Å²) in [7, 11) is 3.53. The summed E-state index contributed by atoms with van der Waals surface area (Å²) in [5, 5.41) is 0. The third-order valence-corrected chi connectivity index (χ3v) is 2.84. The lowest BCUT2D eigenvalue weighted by molar-refractivity contribution is 0.414. The number of hydrogen-bond donors (Lipinski definition) is 0. The maximum Gasteiger partial charge on any atom is 0.225 e. The predicted octanol–water partition coefficient (Wildman–Crippen LogP) is 2.30. The molecule has 0 bridgehead atoms. The largest absolute Gasteiger partial charge is 0.497 e. The number of aromatic nitrogens is 2. The van der Waals surface area contributed by atoms with E-state index in [1.54, 1.807) is 7.11 Å². The lowest BCUT2D eigenvalue weighted by atomic mass is 10.1. The first-order valence-electron chi connectivity index (χ1n) is 6.00. The van der Waals surface area contributed by atoms with Crippen LogP contribution in [0.1, 0.15) is 5.56 Å². The quantitative estimate of drug-likeness (QED) is 0.827. The molecule has 0 radical (unpaired) electrons. The number of rotatable bonds is 5. The number of anilines is 1. The molecule has 19 heavy (non-hydrogen) atoms. The van der Waals surface area contributed by atoms with Gasteiger partial charge in [-0.3, -0.25) is 0 Å². The third kappa shape index (κ3) is 3.64. The van der Waals surface area contributed by atoms with E-state index in [1.165, 1.54) is 18.0 Å². The fourth-order valence-electron chi connectivity index (χ4n) is 1.69. The van der Waals surface area contributed by atoms with Crippen molar-refractivity contribution in [2.45, 2.75) is 6.42 Å². The molecule has 0 N–H and O–H groups in total. The Kier molecular flexibility index (Phi) is 4.28. The molecule has 0 aliphatic heterocycles. The van der Waals surface area contributed by atoms with Crippen molar-refractivity contribution in [3.8, 4) is 5.75 Å². The van der Waals surface area contributed by atoms with Gasteiger partial charge in [0.1, 0.15) is 5.75 Å². The molecule has 0 fully saturated rings. The van der Waals surface area contributed by atoms with E-state index in [4.69, 9.17) is 4.74 Å². The van der Waals surface area contributed by atoms with Gasteiger partial charge >= 0.3 is 0 Å². The summed E-state index contributed by atoms with van der Waals surface area (Å²) in [5.74, 6) is 0.946. The van der Waals surface area contributed by atoms with Crippen LogP contribution in [0.5, 0.6) is 5.75 Å². The molecular formula is C14H16FN3O. The smallest absolute Gasteiger partial charge is 0.225 e. The molecule has 1 aromatic carbocycles. The lowest BCUT2D eigenvalue weighted by Gasteiger charge is -2.16. The van der Waals surface area contributed by atoms with Crippen LogP contribution in [-0.4, -0.2) is 30.7 Å². The van der Waals surface area contributed by atoms with Crippen molar-refractivity contribution >= 4 is 5.95 Å². The Morgan fingerprint density at radius 3 is 2.37 bits per heavy atom. The zero-order chi connectivity index (χ0) is 13.7. The second-order valence-electron chi connectivity index (χ2n) is 4.22. The van der Waals surface area contributed by atoms with Crippen molar-refractivity contribution < 1.29 is 9.13 Å². The Hall–Kier alpha value is -2.17. The molecule has 0 saturated heterocycles. The van der Waals surface area contributed by atoms with E-state index in [-0.39, 0.29) is 0 Å². The minimum Gasteiger partial charge on any atom is -0.497 e. The Labute approximate surface area is 111 Å². The standard InChI is InChI=1S/C14H16FN3O/c1-18(14-16-9-12(15)10-17-14)8-7-11-3-5-13(19-2)6-4-11/h3-6,9-10H,7-8H2,1-2H3. The second kappa shape index (κ2) is 6.13. The fourth-order valence-corrected chi connectivity index (χ4v) is 1.69. The first-order chi connectivity index (χ1) is 9.19. The maximum atomic E-state index is 12.7. The molecule has 1 aromatic heterocycles. The van der Waals surface area contributed by atoms with Crippen LogP contribution in [0.3, 0.4) is 0 Å². The van der Waals surface area contributed by atoms with Crippen molar-refractivity contribution in [3.05, 3.63) is 48.0 Å².